The summed E-state index contributed by atoms with van der Waals surface area (Å²) < 4.78 is 19.0. The van der Waals surface area contributed by atoms with Gasteiger partial charge in [0.15, 0.2) is 0 Å². The Morgan fingerprint density at radius 2 is 2.22 bits per heavy atom. The number of aromatic amines is 1. The molecule has 1 atom stereocenters. The van der Waals surface area contributed by atoms with Crippen LogP contribution in [-0.4, -0.2) is 29.7 Å². The Morgan fingerprint density at radius 1 is 1.33 bits per heavy atom. The Kier molecular flexibility index (Phi) is 3.08. The van der Waals surface area contributed by atoms with E-state index < -0.39 is 0 Å². The molecule has 1 aromatic heterocycles. The molecule has 1 saturated heterocycles. The fraction of sp³-hybridized carbons (Fsp3) is 0.308. The van der Waals surface area contributed by atoms with Gasteiger partial charge >= 0.3 is 0 Å². The zero-order chi connectivity index (χ0) is 12.4. The van der Waals surface area contributed by atoms with Gasteiger partial charge in [0.2, 0.25) is 0 Å². The van der Waals surface area contributed by atoms with Crippen LogP contribution in [0.3, 0.4) is 0 Å². The molecule has 2 heterocycles. The number of benzene rings is 1. The third kappa shape index (κ3) is 2.14. The summed E-state index contributed by atoms with van der Waals surface area (Å²) in [6.07, 6.45) is 1.66. The highest BCUT2D eigenvalue weighted by molar-refractivity contribution is 5.59. The highest BCUT2D eigenvalue weighted by atomic mass is 19.1. The Labute approximate surface area is 104 Å². The number of rotatable bonds is 2. The third-order valence-electron chi connectivity index (χ3n) is 3.01. The Bertz CT molecular complexity index is 535. The van der Waals surface area contributed by atoms with Crippen LogP contribution in [0.4, 0.5) is 4.39 Å². The second kappa shape index (κ2) is 4.88. The molecule has 1 unspecified atom stereocenters. The number of aromatic nitrogens is 2. The van der Waals surface area contributed by atoms with Gasteiger partial charge in [-0.15, -0.1) is 0 Å². The average Bonchev–Trinajstić information content (AvgIpc) is 2.90. The molecule has 0 amide bonds. The molecular formula is C13H14FN3O. The number of hydrogen-bond donors (Lipinski definition) is 2. The van der Waals surface area contributed by atoms with E-state index in [9.17, 15) is 4.39 Å². The summed E-state index contributed by atoms with van der Waals surface area (Å²) in [6.45, 7) is 2.11. The van der Waals surface area contributed by atoms with Crippen LogP contribution >= 0.6 is 0 Å². The summed E-state index contributed by atoms with van der Waals surface area (Å²) in [5, 5.41) is 3.30. The van der Waals surface area contributed by atoms with Crippen LogP contribution in [0.5, 0.6) is 0 Å². The third-order valence-corrected chi connectivity index (χ3v) is 3.01. The maximum absolute atomic E-state index is 13.6. The summed E-state index contributed by atoms with van der Waals surface area (Å²) >= 11 is 0. The van der Waals surface area contributed by atoms with E-state index >= 15 is 0 Å². The van der Waals surface area contributed by atoms with Crippen LogP contribution in [-0.2, 0) is 4.74 Å². The molecule has 1 aliphatic rings. The molecular weight excluding hydrogens is 233 g/mol. The highest BCUT2D eigenvalue weighted by Gasteiger charge is 2.18. The molecule has 0 bridgehead atoms. The number of nitrogens with one attached hydrogen (secondary N) is 2. The van der Waals surface area contributed by atoms with Crippen molar-refractivity contribution < 1.29 is 9.13 Å². The summed E-state index contributed by atoms with van der Waals surface area (Å²) in [7, 11) is 0. The minimum Gasteiger partial charge on any atom is -0.378 e. The predicted octanol–water partition coefficient (Wildman–Crippen LogP) is 1.88. The van der Waals surface area contributed by atoms with Gasteiger partial charge in [-0.25, -0.2) is 9.37 Å². The molecule has 5 heteroatoms. The van der Waals surface area contributed by atoms with Crippen molar-refractivity contribution in [2.24, 2.45) is 0 Å². The van der Waals surface area contributed by atoms with Gasteiger partial charge in [0.25, 0.3) is 0 Å². The van der Waals surface area contributed by atoms with Crippen LogP contribution in [0.15, 0.2) is 30.5 Å². The molecule has 94 valence electrons. The Morgan fingerprint density at radius 3 is 3.00 bits per heavy atom. The van der Waals surface area contributed by atoms with E-state index in [1.54, 1.807) is 24.4 Å². The van der Waals surface area contributed by atoms with Crippen LogP contribution in [0, 0.1) is 5.82 Å². The van der Waals surface area contributed by atoms with Crippen molar-refractivity contribution in [3.05, 3.63) is 42.1 Å². The minimum absolute atomic E-state index is 0.0549. The van der Waals surface area contributed by atoms with Gasteiger partial charge in [-0.3, -0.25) is 0 Å². The molecule has 3 rings (SSSR count). The molecule has 1 aliphatic heterocycles. The summed E-state index contributed by atoms with van der Waals surface area (Å²) in [6, 6.07) is 6.71. The van der Waals surface area contributed by atoms with E-state index in [-0.39, 0.29) is 11.9 Å². The first-order valence-corrected chi connectivity index (χ1v) is 5.95. The first-order chi connectivity index (χ1) is 8.84. The number of imidazole rings is 1. The highest BCUT2D eigenvalue weighted by Crippen LogP contribution is 2.22. The molecule has 4 nitrogen and oxygen atoms in total. The van der Waals surface area contributed by atoms with Gasteiger partial charge in [-0.05, 0) is 12.1 Å². The van der Waals surface area contributed by atoms with Crippen molar-refractivity contribution in [3.8, 4) is 11.3 Å². The molecule has 0 radical (unpaired) electrons. The van der Waals surface area contributed by atoms with Gasteiger partial charge in [-0.2, -0.15) is 0 Å². The molecule has 0 spiro atoms. The minimum atomic E-state index is -0.249. The van der Waals surface area contributed by atoms with Gasteiger partial charge in [-0.1, -0.05) is 12.1 Å². The number of morpholine rings is 1. The second-order valence-electron chi connectivity index (χ2n) is 4.24. The Hall–Kier alpha value is -1.72. The van der Waals surface area contributed by atoms with Gasteiger partial charge in [0.05, 0.1) is 31.1 Å². The van der Waals surface area contributed by atoms with E-state index in [1.807, 2.05) is 0 Å². The fourth-order valence-corrected chi connectivity index (χ4v) is 2.07. The number of halogens is 1. The smallest absolute Gasteiger partial charge is 0.132 e. The first-order valence-electron chi connectivity index (χ1n) is 5.95. The maximum atomic E-state index is 13.6. The van der Waals surface area contributed by atoms with Gasteiger partial charge < -0.3 is 15.0 Å². The SMILES string of the molecule is Fc1ccccc1-c1cnc(C2COCCN2)[nH]1. The average molecular weight is 247 g/mol. The lowest BCUT2D eigenvalue weighted by atomic mass is 10.1. The molecule has 0 saturated carbocycles. The maximum Gasteiger partial charge on any atom is 0.132 e. The number of nitrogens with zero attached hydrogens (tertiary/aromatic N) is 1. The van der Waals surface area contributed by atoms with Crippen LogP contribution in [0.1, 0.15) is 11.9 Å². The van der Waals surface area contributed by atoms with Gasteiger partial charge in [0, 0.05) is 12.1 Å². The van der Waals surface area contributed by atoms with E-state index in [2.05, 4.69) is 15.3 Å². The van der Waals surface area contributed by atoms with E-state index in [0.717, 1.165) is 19.0 Å². The van der Waals surface area contributed by atoms with Crippen molar-refractivity contribution in [2.75, 3.05) is 19.8 Å². The fourth-order valence-electron chi connectivity index (χ4n) is 2.07. The van der Waals surface area contributed by atoms with Crippen molar-refractivity contribution in [2.45, 2.75) is 6.04 Å². The molecule has 1 fully saturated rings. The molecule has 2 aromatic rings. The van der Waals surface area contributed by atoms with Crippen molar-refractivity contribution in [3.63, 3.8) is 0 Å². The van der Waals surface area contributed by atoms with Crippen molar-refractivity contribution in [1.29, 1.82) is 0 Å². The first kappa shape index (κ1) is 11.4. The zero-order valence-electron chi connectivity index (χ0n) is 9.82. The number of ether oxygens (including phenoxy) is 1. The van der Waals surface area contributed by atoms with Crippen LogP contribution in [0.25, 0.3) is 11.3 Å². The molecule has 1 aromatic carbocycles. The van der Waals surface area contributed by atoms with Crippen molar-refractivity contribution in [1.82, 2.24) is 15.3 Å². The number of hydrogen-bond acceptors (Lipinski definition) is 3. The van der Waals surface area contributed by atoms with Crippen molar-refractivity contribution >= 4 is 0 Å². The lowest BCUT2D eigenvalue weighted by molar-refractivity contribution is 0.0745. The lowest BCUT2D eigenvalue weighted by Crippen LogP contribution is -2.35. The standard InChI is InChI=1S/C13H14FN3O/c14-10-4-2-1-3-9(10)11-7-16-13(17-11)12-8-18-6-5-15-12/h1-4,7,12,15H,5-6,8H2,(H,16,17). The van der Waals surface area contributed by atoms with E-state index in [0.29, 0.717) is 17.9 Å². The zero-order valence-corrected chi connectivity index (χ0v) is 9.82. The molecule has 0 aliphatic carbocycles. The largest absolute Gasteiger partial charge is 0.378 e. The monoisotopic (exact) mass is 247 g/mol. The molecule has 2 N–H and O–H groups in total. The van der Waals surface area contributed by atoms with E-state index in [4.69, 9.17) is 4.74 Å². The van der Waals surface area contributed by atoms with E-state index in [1.165, 1.54) is 6.07 Å². The van der Waals surface area contributed by atoms with Crippen LogP contribution in [0.2, 0.25) is 0 Å². The Balaban J connectivity index is 1.87. The second-order valence-corrected chi connectivity index (χ2v) is 4.24. The quantitative estimate of drug-likeness (QED) is 0.851. The summed E-state index contributed by atoms with van der Waals surface area (Å²) in [4.78, 5) is 7.44. The lowest BCUT2D eigenvalue weighted by Gasteiger charge is -2.21. The summed E-state index contributed by atoms with van der Waals surface area (Å²) in [5.41, 5.74) is 1.23. The predicted molar refractivity (Wildman–Crippen MR) is 65.5 cm³/mol. The number of H-pyrrole nitrogens is 1. The molecule has 18 heavy (non-hydrogen) atoms. The topological polar surface area (TPSA) is 49.9 Å². The summed E-state index contributed by atoms with van der Waals surface area (Å²) in [5.74, 6) is 0.536. The van der Waals surface area contributed by atoms with Crippen LogP contribution < -0.4 is 5.32 Å². The van der Waals surface area contributed by atoms with Gasteiger partial charge in [0.1, 0.15) is 11.6 Å². The normalized spacial score (nSPS) is 19.9.